The lowest BCUT2D eigenvalue weighted by Crippen LogP contribution is -2.58. The molecule has 0 radical (unpaired) electrons. The van der Waals surface area contributed by atoms with Crippen LogP contribution < -0.4 is 5.32 Å². The van der Waals surface area contributed by atoms with Crippen LogP contribution in [0.2, 0.25) is 0 Å². The van der Waals surface area contributed by atoms with E-state index in [1.54, 1.807) is 0 Å². The van der Waals surface area contributed by atoms with E-state index < -0.39 is 0 Å². The summed E-state index contributed by atoms with van der Waals surface area (Å²) in [4.78, 5) is 2.65. The largest absolute Gasteiger partial charge is 0.314 e. The minimum absolute atomic E-state index is 0.857. The molecule has 0 spiro atoms. The number of likely N-dealkylation sites (N-methyl/N-ethyl adjacent to an activating group) is 1. The second-order valence-corrected chi connectivity index (χ2v) is 4.20. The summed E-state index contributed by atoms with van der Waals surface area (Å²) < 4.78 is 0. The fourth-order valence-corrected chi connectivity index (χ4v) is 2.08. The molecule has 2 fully saturated rings. The van der Waals surface area contributed by atoms with Gasteiger partial charge in [0.1, 0.15) is 0 Å². The van der Waals surface area contributed by atoms with Crippen molar-refractivity contribution < 1.29 is 0 Å². The minimum Gasteiger partial charge on any atom is -0.314 e. The van der Waals surface area contributed by atoms with Crippen LogP contribution >= 0.6 is 0 Å². The van der Waals surface area contributed by atoms with Gasteiger partial charge in [0, 0.05) is 25.7 Å². The van der Waals surface area contributed by atoms with Gasteiger partial charge in [-0.05, 0) is 25.3 Å². The van der Waals surface area contributed by atoms with Gasteiger partial charge in [0.05, 0.1) is 0 Å². The van der Waals surface area contributed by atoms with Crippen LogP contribution in [0.4, 0.5) is 0 Å². The second-order valence-electron chi connectivity index (χ2n) is 4.20. The van der Waals surface area contributed by atoms with E-state index in [1.165, 1.54) is 45.4 Å². The van der Waals surface area contributed by atoms with Crippen LogP contribution in [0.15, 0.2) is 0 Å². The first-order valence-electron chi connectivity index (χ1n) is 5.35. The van der Waals surface area contributed by atoms with Gasteiger partial charge in [-0.3, -0.25) is 4.90 Å². The summed E-state index contributed by atoms with van der Waals surface area (Å²) in [6, 6.07) is 0.857. The summed E-state index contributed by atoms with van der Waals surface area (Å²) in [5.74, 6) is 1.03. The van der Waals surface area contributed by atoms with Gasteiger partial charge in [-0.15, -0.1) is 0 Å². The van der Waals surface area contributed by atoms with Crippen molar-refractivity contribution in [1.29, 1.82) is 0 Å². The molecule has 0 bridgehead atoms. The lowest BCUT2D eigenvalue weighted by Gasteiger charge is -2.41. The molecule has 1 aliphatic heterocycles. The Morgan fingerprint density at radius 1 is 1.33 bits per heavy atom. The molecule has 1 N–H and O–H groups in total. The van der Waals surface area contributed by atoms with Crippen molar-refractivity contribution in [3.05, 3.63) is 0 Å². The predicted octanol–water partition coefficient (Wildman–Crippen LogP) is 1.08. The topological polar surface area (TPSA) is 15.3 Å². The molecule has 70 valence electrons. The summed E-state index contributed by atoms with van der Waals surface area (Å²) in [5.41, 5.74) is 0. The lowest BCUT2D eigenvalue weighted by atomic mass is 9.84. The number of nitrogens with zero attached hydrogens (tertiary/aromatic N) is 1. The Labute approximate surface area is 75.3 Å². The van der Waals surface area contributed by atoms with Gasteiger partial charge in [-0.1, -0.05) is 13.3 Å². The predicted molar refractivity (Wildman–Crippen MR) is 51.2 cm³/mol. The number of rotatable bonds is 4. The monoisotopic (exact) mass is 168 g/mol. The van der Waals surface area contributed by atoms with Crippen LogP contribution in [0.25, 0.3) is 0 Å². The highest BCUT2D eigenvalue weighted by molar-refractivity contribution is 4.86. The van der Waals surface area contributed by atoms with E-state index in [0.29, 0.717) is 0 Å². The van der Waals surface area contributed by atoms with Gasteiger partial charge < -0.3 is 5.32 Å². The fourth-order valence-electron chi connectivity index (χ4n) is 2.08. The van der Waals surface area contributed by atoms with Crippen molar-refractivity contribution >= 4 is 0 Å². The zero-order valence-electron chi connectivity index (χ0n) is 8.05. The van der Waals surface area contributed by atoms with Gasteiger partial charge >= 0.3 is 0 Å². The Morgan fingerprint density at radius 3 is 2.42 bits per heavy atom. The molecule has 0 aromatic rings. The first-order chi connectivity index (χ1) is 5.90. The van der Waals surface area contributed by atoms with Gasteiger partial charge in [-0.25, -0.2) is 0 Å². The Balaban J connectivity index is 1.73. The maximum absolute atomic E-state index is 3.34. The normalized spacial score (nSPS) is 25.5. The number of hydrogen-bond donors (Lipinski definition) is 1. The Hall–Kier alpha value is -0.0800. The molecule has 0 aromatic heterocycles. The van der Waals surface area contributed by atoms with Gasteiger partial charge in [0.25, 0.3) is 0 Å². The summed E-state index contributed by atoms with van der Waals surface area (Å²) in [7, 11) is 0. The molecule has 1 saturated heterocycles. The Bertz CT molecular complexity index is 139. The Morgan fingerprint density at radius 2 is 2.08 bits per heavy atom. The molecular weight excluding hydrogens is 148 g/mol. The van der Waals surface area contributed by atoms with E-state index >= 15 is 0 Å². The average Bonchev–Trinajstić information content (AvgIpc) is 1.89. The third-order valence-electron chi connectivity index (χ3n) is 3.40. The Kier molecular flexibility index (Phi) is 2.66. The SMILES string of the molecule is CCN(CC1CCC1)C1CNC1. The van der Waals surface area contributed by atoms with E-state index in [4.69, 9.17) is 0 Å². The molecule has 2 heteroatoms. The smallest absolute Gasteiger partial charge is 0.0345 e. The second kappa shape index (κ2) is 3.75. The molecule has 1 heterocycles. The van der Waals surface area contributed by atoms with Crippen LogP contribution in [0.3, 0.4) is 0 Å². The molecule has 0 aromatic carbocycles. The van der Waals surface area contributed by atoms with Crippen molar-refractivity contribution in [1.82, 2.24) is 10.2 Å². The van der Waals surface area contributed by atoms with Crippen LogP contribution in [0.1, 0.15) is 26.2 Å². The van der Waals surface area contributed by atoms with E-state index in [0.717, 1.165) is 12.0 Å². The van der Waals surface area contributed by atoms with Crippen molar-refractivity contribution in [2.75, 3.05) is 26.2 Å². The molecule has 0 amide bonds. The first-order valence-corrected chi connectivity index (χ1v) is 5.35. The van der Waals surface area contributed by atoms with Crippen molar-refractivity contribution in [3.63, 3.8) is 0 Å². The molecule has 2 aliphatic rings. The van der Waals surface area contributed by atoms with Gasteiger partial charge in [0.2, 0.25) is 0 Å². The van der Waals surface area contributed by atoms with Crippen LogP contribution in [0, 0.1) is 5.92 Å². The highest BCUT2D eigenvalue weighted by Crippen LogP contribution is 2.27. The maximum atomic E-state index is 3.34. The highest BCUT2D eigenvalue weighted by atomic mass is 15.2. The summed E-state index contributed by atoms with van der Waals surface area (Å²) in [5, 5.41) is 3.34. The molecule has 2 nitrogen and oxygen atoms in total. The van der Waals surface area contributed by atoms with E-state index in [1.807, 2.05) is 0 Å². The molecule has 2 rings (SSSR count). The number of hydrogen-bond acceptors (Lipinski definition) is 2. The summed E-state index contributed by atoms with van der Waals surface area (Å²) in [6.45, 7) is 7.34. The zero-order chi connectivity index (χ0) is 8.39. The van der Waals surface area contributed by atoms with Crippen LogP contribution in [-0.4, -0.2) is 37.1 Å². The summed E-state index contributed by atoms with van der Waals surface area (Å²) >= 11 is 0. The number of nitrogens with one attached hydrogen (secondary N) is 1. The third kappa shape index (κ3) is 1.64. The standard InChI is InChI=1S/C10H20N2/c1-2-12(10-6-11-7-10)8-9-4-3-5-9/h9-11H,2-8H2,1H3. The first kappa shape index (κ1) is 8.52. The van der Waals surface area contributed by atoms with Gasteiger partial charge in [-0.2, -0.15) is 0 Å². The maximum Gasteiger partial charge on any atom is 0.0345 e. The van der Waals surface area contributed by atoms with Crippen molar-refractivity contribution in [2.45, 2.75) is 32.2 Å². The van der Waals surface area contributed by atoms with Crippen LogP contribution in [0.5, 0.6) is 0 Å². The molecule has 0 atom stereocenters. The zero-order valence-corrected chi connectivity index (χ0v) is 8.05. The van der Waals surface area contributed by atoms with Crippen LogP contribution in [-0.2, 0) is 0 Å². The summed E-state index contributed by atoms with van der Waals surface area (Å²) in [6.07, 6.45) is 4.44. The molecule has 0 unspecified atom stereocenters. The van der Waals surface area contributed by atoms with Crippen molar-refractivity contribution in [2.24, 2.45) is 5.92 Å². The molecule has 12 heavy (non-hydrogen) atoms. The third-order valence-corrected chi connectivity index (χ3v) is 3.40. The quantitative estimate of drug-likeness (QED) is 0.676. The lowest BCUT2D eigenvalue weighted by molar-refractivity contribution is 0.106. The molecular formula is C10H20N2. The fraction of sp³-hybridized carbons (Fsp3) is 1.00. The average molecular weight is 168 g/mol. The van der Waals surface area contributed by atoms with E-state index in [2.05, 4.69) is 17.1 Å². The van der Waals surface area contributed by atoms with E-state index in [-0.39, 0.29) is 0 Å². The highest BCUT2D eigenvalue weighted by Gasteiger charge is 2.27. The van der Waals surface area contributed by atoms with Gasteiger partial charge in [0.15, 0.2) is 0 Å². The van der Waals surface area contributed by atoms with Crippen molar-refractivity contribution in [3.8, 4) is 0 Å². The molecule has 1 aliphatic carbocycles. The van der Waals surface area contributed by atoms with E-state index in [9.17, 15) is 0 Å². The molecule has 1 saturated carbocycles. The minimum atomic E-state index is 0.857.